The molecule has 25 heavy (non-hydrogen) atoms. The Labute approximate surface area is 149 Å². The third-order valence-corrected chi connectivity index (χ3v) is 4.71. The lowest BCUT2D eigenvalue weighted by Crippen LogP contribution is -1.98. The highest BCUT2D eigenvalue weighted by molar-refractivity contribution is 5.66. The van der Waals surface area contributed by atoms with Crippen molar-refractivity contribution in [2.24, 2.45) is 5.73 Å². The second kappa shape index (κ2) is 7.12. The average molecular weight is 329 g/mol. The number of rotatable bonds is 6. The Morgan fingerprint density at radius 3 is 2.36 bits per heavy atom. The molecule has 0 spiro atoms. The Balaban J connectivity index is 1.63. The van der Waals surface area contributed by atoms with Gasteiger partial charge in [0.05, 0.1) is 0 Å². The molecule has 2 N–H and O–H groups in total. The molecule has 0 aliphatic heterocycles. The van der Waals surface area contributed by atoms with Crippen LogP contribution in [-0.2, 0) is 13.2 Å². The Bertz CT molecular complexity index is 853. The summed E-state index contributed by atoms with van der Waals surface area (Å²) in [5, 5.41) is 0. The summed E-state index contributed by atoms with van der Waals surface area (Å²) in [5.41, 5.74) is 12.1. The molecule has 0 bridgehead atoms. The highest BCUT2D eigenvalue weighted by Gasteiger charge is 2.24. The maximum absolute atomic E-state index is 5.96. The van der Waals surface area contributed by atoms with Gasteiger partial charge in [-0.25, -0.2) is 0 Å². The third kappa shape index (κ3) is 3.92. The molecule has 1 aliphatic carbocycles. The molecular formula is C23H23NO. The first kappa shape index (κ1) is 15.9. The molecule has 0 aromatic heterocycles. The number of para-hydroxylation sites is 1. The molecule has 1 aliphatic rings. The molecule has 3 aromatic rings. The van der Waals surface area contributed by atoms with E-state index in [0.717, 1.165) is 11.3 Å². The minimum Gasteiger partial charge on any atom is -0.489 e. The van der Waals surface area contributed by atoms with Gasteiger partial charge in [-0.15, -0.1) is 0 Å². The fourth-order valence-electron chi connectivity index (χ4n) is 3.18. The molecule has 1 saturated carbocycles. The molecule has 3 aromatic carbocycles. The monoisotopic (exact) mass is 329 g/mol. The van der Waals surface area contributed by atoms with Crippen molar-refractivity contribution in [3.8, 4) is 16.9 Å². The van der Waals surface area contributed by atoms with E-state index in [-0.39, 0.29) is 0 Å². The molecule has 0 saturated heterocycles. The molecule has 0 heterocycles. The molecule has 0 radical (unpaired) electrons. The smallest absolute Gasteiger partial charge is 0.119 e. The Hall–Kier alpha value is -2.58. The summed E-state index contributed by atoms with van der Waals surface area (Å²) in [6, 6.07) is 25.4. The summed E-state index contributed by atoms with van der Waals surface area (Å²) >= 11 is 0. The van der Waals surface area contributed by atoms with Crippen LogP contribution in [0.2, 0.25) is 0 Å². The summed E-state index contributed by atoms with van der Waals surface area (Å²) in [7, 11) is 0. The van der Waals surface area contributed by atoms with Crippen LogP contribution >= 0.6 is 0 Å². The lowest BCUT2D eigenvalue weighted by atomic mass is 9.97. The van der Waals surface area contributed by atoms with Crippen LogP contribution in [0, 0.1) is 0 Å². The molecule has 126 valence electrons. The van der Waals surface area contributed by atoms with E-state index in [4.69, 9.17) is 10.5 Å². The lowest BCUT2D eigenvalue weighted by molar-refractivity contribution is 0.306. The summed E-state index contributed by atoms with van der Waals surface area (Å²) < 4.78 is 5.96. The first-order valence-electron chi connectivity index (χ1n) is 8.93. The molecule has 2 heteroatoms. The minimum atomic E-state index is 0.570. The average Bonchev–Trinajstić information content (AvgIpc) is 3.52. The number of hydrogen-bond acceptors (Lipinski definition) is 2. The SMILES string of the molecule is NCc1cccc(-c2cc(COc3ccccc3)cc(C3CC3)c2)c1. The normalized spacial score (nSPS) is 13.6. The zero-order valence-corrected chi connectivity index (χ0v) is 14.3. The van der Waals surface area contributed by atoms with Crippen LogP contribution in [0.5, 0.6) is 5.75 Å². The highest BCUT2D eigenvalue weighted by atomic mass is 16.5. The number of ether oxygens (including phenoxy) is 1. The van der Waals surface area contributed by atoms with Crippen molar-refractivity contribution in [1.82, 2.24) is 0 Å². The van der Waals surface area contributed by atoms with Crippen LogP contribution < -0.4 is 10.5 Å². The summed E-state index contributed by atoms with van der Waals surface area (Å²) in [6.45, 7) is 1.16. The quantitative estimate of drug-likeness (QED) is 0.669. The topological polar surface area (TPSA) is 35.2 Å². The van der Waals surface area contributed by atoms with Crippen LogP contribution in [0.15, 0.2) is 72.8 Å². The van der Waals surface area contributed by atoms with Gasteiger partial charge in [0.1, 0.15) is 12.4 Å². The van der Waals surface area contributed by atoms with E-state index >= 15 is 0 Å². The van der Waals surface area contributed by atoms with Gasteiger partial charge >= 0.3 is 0 Å². The van der Waals surface area contributed by atoms with Gasteiger partial charge in [0.2, 0.25) is 0 Å². The van der Waals surface area contributed by atoms with Crippen molar-refractivity contribution >= 4 is 0 Å². The molecular weight excluding hydrogens is 306 g/mol. The number of hydrogen-bond donors (Lipinski definition) is 1. The third-order valence-electron chi connectivity index (χ3n) is 4.71. The molecule has 0 amide bonds. The van der Waals surface area contributed by atoms with Crippen LogP contribution in [0.4, 0.5) is 0 Å². The van der Waals surface area contributed by atoms with Gasteiger partial charge in [0.25, 0.3) is 0 Å². The Morgan fingerprint density at radius 2 is 1.60 bits per heavy atom. The number of nitrogens with two attached hydrogens (primary N) is 1. The summed E-state index contributed by atoms with van der Waals surface area (Å²) in [6.07, 6.45) is 2.59. The van der Waals surface area contributed by atoms with Crippen LogP contribution in [0.3, 0.4) is 0 Å². The molecule has 0 unspecified atom stereocenters. The minimum absolute atomic E-state index is 0.570. The fraction of sp³-hybridized carbons (Fsp3) is 0.217. The van der Waals surface area contributed by atoms with E-state index in [0.29, 0.717) is 19.1 Å². The Morgan fingerprint density at radius 1 is 0.800 bits per heavy atom. The first-order chi connectivity index (χ1) is 12.3. The molecule has 0 atom stereocenters. The van der Waals surface area contributed by atoms with Gasteiger partial charge < -0.3 is 10.5 Å². The van der Waals surface area contributed by atoms with Crippen molar-refractivity contribution in [2.75, 3.05) is 0 Å². The zero-order chi connectivity index (χ0) is 17.1. The van der Waals surface area contributed by atoms with Crippen LogP contribution in [-0.4, -0.2) is 0 Å². The van der Waals surface area contributed by atoms with Crippen molar-refractivity contribution in [2.45, 2.75) is 31.9 Å². The van der Waals surface area contributed by atoms with Gasteiger partial charge in [-0.2, -0.15) is 0 Å². The molecule has 1 fully saturated rings. The zero-order valence-electron chi connectivity index (χ0n) is 14.3. The number of benzene rings is 3. The van der Waals surface area contributed by atoms with Gasteiger partial charge in [-0.1, -0.05) is 48.5 Å². The van der Waals surface area contributed by atoms with Crippen molar-refractivity contribution in [1.29, 1.82) is 0 Å². The largest absolute Gasteiger partial charge is 0.489 e. The van der Waals surface area contributed by atoms with Gasteiger partial charge in [-0.3, -0.25) is 0 Å². The van der Waals surface area contributed by atoms with E-state index in [9.17, 15) is 0 Å². The maximum Gasteiger partial charge on any atom is 0.119 e. The van der Waals surface area contributed by atoms with Crippen molar-refractivity contribution in [3.63, 3.8) is 0 Å². The van der Waals surface area contributed by atoms with Gasteiger partial charge in [0.15, 0.2) is 0 Å². The van der Waals surface area contributed by atoms with E-state index in [1.54, 1.807) is 0 Å². The van der Waals surface area contributed by atoms with E-state index < -0.39 is 0 Å². The Kier molecular flexibility index (Phi) is 4.53. The molecule has 2 nitrogen and oxygen atoms in total. The summed E-state index contributed by atoms with van der Waals surface area (Å²) in [4.78, 5) is 0. The maximum atomic E-state index is 5.96. The second-order valence-corrected chi connectivity index (χ2v) is 6.74. The fourth-order valence-corrected chi connectivity index (χ4v) is 3.18. The van der Waals surface area contributed by atoms with Crippen LogP contribution in [0.1, 0.15) is 35.4 Å². The highest BCUT2D eigenvalue weighted by Crippen LogP contribution is 2.41. The second-order valence-electron chi connectivity index (χ2n) is 6.74. The predicted molar refractivity (Wildman–Crippen MR) is 103 cm³/mol. The van der Waals surface area contributed by atoms with Gasteiger partial charge in [-0.05, 0) is 70.8 Å². The summed E-state index contributed by atoms with van der Waals surface area (Å²) in [5.74, 6) is 1.62. The van der Waals surface area contributed by atoms with E-state index in [1.807, 2.05) is 30.3 Å². The van der Waals surface area contributed by atoms with Crippen molar-refractivity contribution < 1.29 is 4.74 Å². The predicted octanol–water partition coefficient (Wildman–Crippen LogP) is 5.27. The first-order valence-corrected chi connectivity index (χ1v) is 8.93. The van der Waals surface area contributed by atoms with Crippen molar-refractivity contribution in [3.05, 3.63) is 89.5 Å². The van der Waals surface area contributed by atoms with Gasteiger partial charge in [0, 0.05) is 6.54 Å². The van der Waals surface area contributed by atoms with E-state index in [2.05, 4.69) is 42.5 Å². The van der Waals surface area contributed by atoms with E-state index in [1.165, 1.54) is 35.1 Å². The standard InChI is InChI=1S/C23H23NO/c24-15-17-5-4-6-20(11-17)22-13-18(12-21(14-22)19-9-10-19)16-25-23-7-2-1-3-8-23/h1-8,11-14,19H,9-10,15-16,24H2. The lowest BCUT2D eigenvalue weighted by Gasteiger charge is -2.12. The van der Waals surface area contributed by atoms with Crippen LogP contribution in [0.25, 0.3) is 11.1 Å². The molecule has 4 rings (SSSR count).